The lowest BCUT2D eigenvalue weighted by atomic mass is 10.3. The van der Waals surface area contributed by atoms with Crippen molar-refractivity contribution in [2.75, 3.05) is 0 Å². The van der Waals surface area contributed by atoms with Gasteiger partial charge in [0.05, 0.1) is 0 Å². The van der Waals surface area contributed by atoms with Crippen molar-refractivity contribution in [1.82, 2.24) is 5.48 Å². The third-order valence-electron chi connectivity index (χ3n) is 0.761. The zero-order chi connectivity index (χ0) is 6.41. The van der Waals surface area contributed by atoms with E-state index in [1.165, 1.54) is 6.21 Å². The molecule has 0 spiro atoms. The van der Waals surface area contributed by atoms with Crippen LogP contribution in [0.3, 0.4) is 0 Å². The van der Waals surface area contributed by atoms with Crippen LogP contribution in [0.5, 0.6) is 0 Å². The van der Waals surface area contributed by atoms with Gasteiger partial charge in [0.1, 0.15) is 0 Å². The molecule has 48 valence electrons. The van der Waals surface area contributed by atoms with Gasteiger partial charge in [0, 0.05) is 18.7 Å². The highest BCUT2D eigenvalue weighted by atomic mass is 16.5. The van der Waals surface area contributed by atoms with Gasteiger partial charge >= 0.3 is 0 Å². The van der Waals surface area contributed by atoms with E-state index >= 15 is 0 Å². The summed E-state index contributed by atoms with van der Waals surface area (Å²) in [7, 11) is 0. The molecular formula is C4H10N2O2. The minimum atomic E-state index is -0.0501. The van der Waals surface area contributed by atoms with Gasteiger partial charge in [0.25, 0.3) is 0 Å². The van der Waals surface area contributed by atoms with Gasteiger partial charge in [-0.05, 0) is 6.92 Å². The molecular weight excluding hydrogens is 108 g/mol. The lowest BCUT2D eigenvalue weighted by molar-refractivity contribution is 0.135. The van der Waals surface area contributed by atoms with Crippen LogP contribution in [0, 0.1) is 0 Å². The maximum Gasteiger partial charge on any atom is 0.0452 e. The number of hydrogen-bond donors (Lipinski definition) is 3. The monoisotopic (exact) mass is 118 g/mol. The highest BCUT2D eigenvalue weighted by Gasteiger charge is 1.92. The van der Waals surface area contributed by atoms with Crippen LogP contribution in [0.15, 0.2) is 5.16 Å². The summed E-state index contributed by atoms with van der Waals surface area (Å²) < 4.78 is 0. The van der Waals surface area contributed by atoms with Crippen LogP contribution in [-0.2, 0) is 0 Å². The zero-order valence-electron chi connectivity index (χ0n) is 4.70. The molecule has 0 saturated carbocycles. The van der Waals surface area contributed by atoms with Gasteiger partial charge in [-0.1, -0.05) is 0 Å². The molecule has 0 aliphatic carbocycles. The van der Waals surface area contributed by atoms with Crippen LogP contribution < -0.4 is 5.48 Å². The van der Waals surface area contributed by atoms with Crippen LogP contribution in [0.2, 0.25) is 0 Å². The molecule has 1 atom stereocenters. The summed E-state index contributed by atoms with van der Waals surface area (Å²) in [5.74, 6) is 0. The standard InChI is InChI=1S/C4H10N2O2/c1-4(6-8)2-3-5-7/h3-4,6-8H,2H2,1H3. The fourth-order valence-corrected chi connectivity index (χ4v) is 0.258. The molecule has 4 heteroatoms. The first kappa shape index (κ1) is 7.39. The Morgan fingerprint density at radius 3 is 2.88 bits per heavy atom. The first-order valence-corrected chi connectivity index (χ1v) is 2.36. The van der Waals surface area contributed by atoms with E-state index in [2.05, 4.69) is 5.16 Å². The second-order valence-electron chi connectivity index (χ2n) is 1.56. The average Bonchev–Trinajstić information content (AvgIpc) is 1.83. The van der Waals surface area contributed by atoms with Crippen LogP contribution >= 0.6 is 0 Å². The zero-order valence-corrected chi connectivity index (χ0v) is 4.70. The Bertz CT molecular complexity index is 74.4. The average molecular weight is 118 g/mol. The molecule has 0 rings (SSSR count). The second kappa shape index (κ2) is 4.55. The normalized spacial score (nSPS) is 14.8. The van der Waals surface area contributed by atoms with E-state index in [0.717, 1.165) is 0 Å². The van der Waals surface area contributed by atoms with E-state index in [1.54, 1.807) is 6.92 Å². The molecule has 8 heavy (non-hydrogen) atoms. The molecule has 0 saturated heterocycles. The molecule has 0 aliphatic rings. The predicted octanol–water partition coefficient (Wildman–Crippen LogP) is 0.204. The third kappa shape index (κ3) is 3.58. The van der Waals surface area contributed by atoms with Gasteiger partial charge in [-0.25, -0.2) is 5.48 Å². The number of nitrogens with zero attached hydrogens (tertiary/aromatic N) is 1. The molecule has 0 amide bonds. The molecule has 4 nitrogen and oxygen atoms in total. The lowest BCUT2D eigenvalue weighted by Gasteiger charge is -2.01. The quantitative estimate of drug-likeness (QED) is 0.282. The van der Waals surface area contributed by atoms with E-state index in [0.29, 0.717) is 6.42 Å². The number of hydroxylamine groups is 1. The molecule has 0 heterocycles. The van der Waals surface area contributed by atoms with Crippen molar-refractivity contribution in [2.24, 2.45) is 5.16 Å². The molecule has 0 bridgehead atoms. The van der Waals surface area contributed by atoms with E-state index in [4.69, 9.17) is 10.4 Å². The number of nitrogens with one attached hydrogen (secondary N) is 1. The first-order valence-electron chi connectivity index (χ1n) is 2.36. The van der Waals surface area contributed by atoms with E-state index in [-0.39, 0.29) is 6.04 Å². The Labute approximate surface area is 47.8 Å². The SMILES string of the molecule is CC(CC=NO)NO. The van der Waals surface area contributed by atoms with Crippen LogP contribution in [0.4, 0.5) is 0 Å². The van der Waals surface area contributed by atoms with Crippen molar-refractivity contribution >= 4 is 6.21 Å². The van der Waals surface area contributed by atoms with Gasteiger partial charge in [-0.3, -0.25) is 0 Å². The summed E-state index contributed by atoms with van der Waals surface area (Å²) in [6.45, 7) is 1.77. The van der Waals surface area contributed by atoms with E-state index in [9.17, 15) is 0 Å². The Morgan fingerprint density at radius 2 is 2.50 bits per heavy atom. The summed E-state index contributed by atoms with van der Waals surface area (Å²) in [5.41, 5.74) is 2.00. The maximum absolute atomic E-state index is 8.17. The molecule has 0 aliphatic heterocycles. The summed E-state index contributed by atoms with van der Waals surface area (Å²) in [4.78, 5) is 0. The van der Waals surface area contributed by atoms with Crippen molar-refractivity contribution < 1.29 is 10.4 Å². The van der Waals surface area contributed by atoms with Crippen LogP contribution in [0.25, 0.3) is 0 Å². The van der Waals surface area contributed by atoms with Gasteiger partial charge in [-0.2, -0.15) is 0 Å². The Balaban J connectivity index is 3.10. The Hall–Kier alpha value is -0.610. The topological polar surface area (TPSA) is 64.9 Å². The van der Waals surface area contributed by atoms with Gasteiger partial charge in [0.2, 0.25) is 0 Å². The number of hydrogen-bond acceptors (Lipinski definition) is 4. The summed E-state index contributed by atoms with van der Waals surface area (Å²) in [6.07, 6.45) is 1.83. The second-order valence-corrected chi connectivity index (χ2v) is 1.56. The molecule has 1 unspecified atom stereocenters. The Kier molecular flexibility index (Phi) is 4.20. The van der Waals surface area contributed by atoms with Crippen molar-refractivity contribution in [3.05, 3.63) is 0 Å². The van der Waals surface area contributed by atoms with Crippen LogP contribution in [-0.4, -0.2) is 22.7 Å². The minimum absolute atomic E-state index is 0.0501. The van der Waals surface area contributed by atoms with Gasteiger partial charge < -0.3 is 10.4 Å². The fourth-order valence-electron chi connectivity index (χ4n) is 0.258. The van der Waals surface area contributed by atoms with Crippen LogP contribution in [0.1, 0.15) is 13.3 Å². The number of rotatable bonds is 3. The molecule has 0 radical (unpaired) electrons. The third-order valence-corrected chi connectivity index (χ3v) is 0.761. The van der Waals surface area contributed by atoms with E-state index in [1.807, 2.05) is 5.48 Å². The highest BCUT2D eigenvalue weighted by Crippen LogP contribution is 1.82. The summed E-state index contributed by atoms with van der Waals surface area (Å²) >= 11 is 0. The predicted molar refractivity (Wildman–Crippen MR) is 29.3 cm³/mol. The minimum Gasteiger partial charge on any atom is -0.411 e. The Morgan fingerprint density at radius 1 is 1.88 bits per heavy atom. The molecule has 0 aromatic heterocycles. The van der Waals surface area contributed by atoms with Crippen molar-refractivity contribution in [1.29, 1.82) is 0 Å². The summed E-state index contributed by atoms with van der Waals surface area (Å²) in [5, 5.41) is 18.8. The molecule has 3 N–H and O–H groups in total. The summed E-state index contributed by atoms with van der Waals surface area (Å²) in [6, 6.07) is -0.0501. The largest absolute Gasteiger partial charge is 0.411 e. The molecule has 0 aromatic carbocycles. The van der Waals surface area contributed by atoms with Crippen molar-refractivity contribution in [2.45, 2.75) is 19.4 Å². The van der Waals surface area contributed by atoms with Gasteiger partial charge in [0.15, 0.2) is 0 Å². The number of oxime groups is 1. The smallest absolute Gasteiger partial charge is 0.0452 e. The first-order chi connectivity index (χ1) is 3.81. The fraction of sp³-hybridized carbons (Fsp3) is 0.750. The van der Waals surface area contributed by atoms with E-state index < -0.39 is 0 Å². The maximum atomic E-state index is 8.17. The lowest BCUT2D eigenvalue weighted by Crippen LogP contribution is -2.21. The molecule has 0 aromatic rings. The van der Waals surface area contributed by atoms with Crippen molar-refractivity contribution in [3.8, 4) is 0 Å². The molecule has 0 fully saturated rings. The van der Waals surface area contributed by atoms with Crippen molar-refractivity contribution in [3.63, 3.8) is 0 Å². The highest BCUT2D eigenvalue weighted by molar-refractivity contribution is 5.56. The van der Waals surface area contributed by atoms with Gasteiger partial charge in [-0.15, -0.1) is 5.16 Å².